The first-order valence-corrected chi connectivity index (χ1v) is 10.8. The van der Waals surface area contributed by atoms with Crippen LogP contribution in [0.4, 0.5) is 8.78 Å². The number of hydrogen-bond acceptors (Lipinski definition) is 1. The molecule has 0 atom stereocenters. The lowest BCUT2D eigenvalue weighted by Crippen LogP contribution is -2.15. The monoisotopic (exact) mass is 400 g/mol. The van der Waals surface area contributed by atoms with Crippen molar-refractivity contribution in [3.05, 3.63) is 59.2 Å². The number of rotatable bonds is 8. The molecular formula is C25H30F2O2. The van der Waals surface area contributed by atoms with Crippen LogP contribution in [0.15, 0.2) is 36.4 Å². The highest BCUT2D eigenvalue weighted by atomic mass is 19.1. The van der Waals surface area contributed by atoms with Gasteiger partial charge in [0, 0.05) is 0 Å². The first kappa shape index (κ1) is 21.5. The van der Waals surface area contributed by atoms with E-state index in [1.54, 1.807) is 0 Å². The first-order chi connectivity index (χ1) is 14.0. The zero-order valence-corrected chi connectivity index (χ0v) is 17.1. The van der Waals surface area contributed by atoms with Crippen LogP contribution in [-0.4, -0.2) is 11.1 Å². The van der Waals surface area contributed by atoms with E-state index >= 15 is 0 Å². The second-order valence-electron chi connectivity index (χ2n) is 8.38. The smallest absolute Gasteiger partial charge is 0.341 e. The molecule has 0 aromatic heterocycles. The van der Waals surface area contributed by atoms with Gasteiger partial charge in [0.15, 0.2) is 0 Å². The molecule has 2 aromatic carbocycles. The van der Waals surface area contributed by atoms with Crippen molar-refractivity contribution in [1.82, 2.24) is 0 Å². The maximum Gasteiger partial charge on any atom is 0.341 e. The second kappa shape index (κ2) is 10.00. The summed E-state index contributed by atoms with van der Waals surface area (Å²) in [5, 5.41) is 8.88. The Morgan fingerprint density at radius 3 is 2.00 bits per heavy atom. The van der Waals surface area contributed by atoms with Crippen molar-refractivity contribution in [3.8, 4) is 11.1 Å². The minimum Gasteiger partial charge on any atom is -0.477 e. The van der Waals surface area contributed by atoms with E-state index in [1.165, 1.54) is 56.9 Å². The summed E-state index contributed by atoms with van der Waals surface area (Å²) in [7, 11) is 0. The molecule has 1 aliphatic rings. The molecule has 1 N–H and O–H groups in total. The van der Waals surface area contributed by atoms with E-state index in [0.717, 1.165) is 30.4 Å². The number of benzene rings is 2. The fraction of sp³-hybridized carbons (Fsp3) is 0.480. The lowest BCUT2D eigenvalue weighted by atomic mass is 9.78. The lowest BCUT2D eigenvalue weighted by Gasteiger charge is -2.28. The molecule has 4 heteroatoms. The molecule has 1 saturated carbocycles. The quantitative estimate of drug-likeness (QED) is 0.506. The molecular weight excluding hydrogens is 370 g/mol. The molecule has 29 heavy (non-hydrogen) atoms. The normalized spacial score (nSPS) is 19.3. The van der Waals surface area contributed by atoms with Crippen LogP contribution in [0.3, 0.4) is 0 Å². The lowest BCUT2D eigenvalue weighted by molar-refractivity contribution is 0.0686. The van der Waals surface area contributed by atoms with Gasteiger partial charge in [-0.2, -0.15) is 0 Å². The highest BCUT2D eigenvalue weighted by molar-refractivity contribution is 5.89. The van der Waals surface area contributed by atoms with Gasteiger partial charge < -0.3 is 5.11 Å². The van der Waals surface area contributed by atoms with Crippen LogP contribution in [0, 0.1) is 23.5 Å². The van der Waals surface area contributed by atoms with Gasteiger partial charge >= 0.3 is 5.97 Å². The van der Waals surface area contributed by atoms with Crippen LogP contribution in [-0.2, 0) is 6.42 Å². The Morgan fingerprint density at radius 1 is 0.931 bits per heavy atom. The number of unbranched alkanes of at least 4 members (excludes halogenated alkanes) is 1. The first-order valence-electron chi connectivity index (χ1n) is 10.8. The van der Waals surface area contributed by atoms with Crippen LogP contribution in [0.5, 0.6) is 0 Å². The SMILES string of the molecule is CCCCC1CCC(CCc2ccc(-c3cc(F)c(C(=O)O)c(F)c3)cc2)CC1. The highest BCUT2D eigenvalue weighted by Gasteiger charge is 2.21. The van der Waals surface area contributed by atoms with Crippen LogP contribution in [0.25, 0.3) is 11.1 Å². The number of aromatic carboxylic acids is 1. The van der Waals surface area contributed by atoms with Gasteiger partial charge in [-0.25, -0.2) is 13.6 Å². The Hall–Kier alpha value is -2.23. The Kier molecular flexibility index (Phi) is 7.40. The van der Waals surface area contributed by atoms with Gasteiger partial charge in [0.25, 0.3) is 0 Å². The Morgan fingerprint density at radius 2 is 1.48 bits per heavy atom. The summed E-state index contributed by atoms with van der Waals surface area (Å²) in [6, 6.07) is 9.88. The van der Waals surface area contributed by atoms with Gasteiger partial charge in [-0.1, -0.05) is 76.1 Å². The molecule has 0 unspecified atom stereocenters. The van der Waals surface area contributed by atoms with Crippen molar-refractivity contribution in [2.24, 2.45) is 11.8 Å². The third-order valence-corrected chi connectivity index (χ3v) is 6.32. The van der Waals surface area contributed by atoms with Gasteiger partial charge in [-0.3, -0.25) is 0 Å². The topological polar surface area (TPSA) is 37.3 Å². The molecule has 0 bridgehead atoms. The number of aryl methyl sites for hydroxylation is 1. The molecule has 0 saturated heterocycles. The molecule has 0 heterocycles. The van der Waals surface area contributed by atoms with Gasteiger partial charge in [-0.05, 0) is 53.5 Å². The van der Waals surface area contributed by atoms with Gasteiger partial charge in [0.2, 0.25) is 0 Å². The summed E-state index contributed by atoms with van der Waals surface area (Å²) in [4.78, 5) is 10.9. The van der Waals surface area contributed by atoms with Gasteiger partial charge in [0.05, 0.1) is 0 Å². The molecule has 2 nitrogen and oxygen atoms in total. The number of carbonyl (C=O) groups is 1. The summed E-state index contributed by atoms with van der Waals surface area (Å²) >= 11 is 0. The summed E-state index contributed by atoms with van der Waals surface area (Å²) in [5.41, 5.74) is 1.35. The van der Waals surface area contributed by atoms with Crippen LogP contribution in [0.2, 0.25) is 0 Å². The van der Waals surface area contributed by atoms with Crippen molar-refractivity contribution in [3.63, 3.8) is 0 Å². The Labute approximate surface area is 172 Å². The zero-order chi connectivity index (χ0) is 20.8. The van der Waals surface area contributed by atoms with E-state index < -0.39 is 23.2 Å². The molecule has 3 rings (SSSR count). The van der Waals surface area contributed by atoms with Crippen molar-refractivity contribution in [1.29, 1.82) is 0 Å². The van der Waals surface area contributed by atoms with E-state index in [2.05, 4.69) is 6.92 Å². The maximum atomic E-state index is 13.9. The van der Waals surface area contributed by atoms with E-state index in [1.807, 2.05) is 24.3 Å². The van der Waals surface area contributed by atoms with Crippen LogP contribution < -0.4 is 0 Å². The summed E-state index contributed by atoms with van der Waals surface area (Å²) < 4.78 is 27.9. The van der Waals surface area contributed by atoms with Crippen molar-refractivity contribution in [2.75, 3.05) is 0 Å². The molecule has 0 spiro atoms. The summed E-state index contributed by atoms with van der Waals surface area (Å²) in [6.45, 7) is 2.26. The molecule has 0 amide bonds. The summed E-state index contributed by atoms with van der Waals surface area (Å²) in [5.74, 6) is -1.96. The minimum atomic E-state index is -1.60. The third kappa shape index (κ3) is 5.65. The predicted molar refractivity (Wildman–Crippen MR) is 112 cm³/mol. The van der Waals surface area contributed by atoms with E-state index in [-0.39, 0.29) is 0 Å². The maximum absolute atomic E-state index is 13.9. The fourth-order valence-corrected chi connectivity index (χ4v) is 4.48. The van der Waals surface area contributed by atoms with Crippen molar-refractivity contribution < 1.29 is 18.7 Å². The number of carboxylic acids is 1. The average molecular weight is 401 g/mol. The van der Waals surface area contributed by atoms with Crippen molar-refractivity contribution >= 4 is 5.97 Å². The number of carboxylic acid groups (broad SMARTS) is 1. The average Bonchev–Trinajstić information content (AvgIpc) is 2.71. The zero-order valence-electron chi connectivity index (χ0n) is 17.1. The highest BCUT2D eigenvalue weighted by Crippen LogP contribution is 2.34. The van der Waals surface area contributed by atoms with Gasteiger partial charge in [-0.15, -0.1) is 0 Å². The fourth-order valence-electron chi connectivity index (χ4n) is 4.48. The second-order valence-corrected chi connectivity index (χ2v) is 8.38. The largest absolute Gasteiger partial charge is 0.477 e. The Balaban J connectivity index is 1.55. The predicted octanol–water partition coefficient (Wildman–Crippen LogP) is 7.26. The molecule has 156 valence electrons. The van der Waals surface area contributed by atoms with Crippen LogP contribution in [0.1, 0.15) is 74.2 Å². The number of halogens is 2. The molecule has 1 fully saturated rings. The van der Waals surface area contributed by atoms with E-state index in [0.29, 0.717) is 11.1 Å². The number of hydrogen-bond donors (Lipinski definition) is 1. The van der Waals surface area contributed by atoms with Gasteiger partial charge in [0.1, 0.15) is 17.2 Å². The molecule has 0 radical (unpaired) electrons. The third-order valence-electron chi connectivity index (χ3n) is 6.32. The Bertz CT molecular complexity index is 798. The van der Waals surface area contributed by atoms with E-state index in [9.17, 15) is 13.6 Å². The minimum absolute atomic E-state index is 0.349. The molecule has 2 aromatic rings. The standard InChI is InChI=1S/C25H30F2O2/c1-2-3-4-17-5-7-18(8-6-17)9-10-19-11-13-20(14-12-19)21-15-22(26)24(25(28)29)23(27)16-21/h11-18H,2-10H2,1H3,(H,28,29). The van der Waals surface area contributed by atoms with Crippen molar-refractivity contribution in [2.45, 2.75) is 64.7 Å². The van der Waals surface area contributed by atoms with Crippen LogP contribution >= 0.6 is 0 Å². The molecule has 0 aliphatic heterocycles. The molecule has 1 aliphatic carbocycles. The summed E-state index contributed by atoms with van der Waals surface area (Å²) in [6.07, 6.45) is 11.6. The van der Waals surface area contributed by atoms with E-state index in [4.69, 9.17) is 5.11 Å².